The minimum absolute atomic E-state index is 0.141. The number of carbonyl (C=O) groups is 2. The van der Waals surface area contributed by atoms with E-state index in [1.54, 1.807) is 12.1 Å². The number of benzene rings is 2. The molecule has 25 heavy (non-hydrogen) atoms. The molecule has 2 unspecified atom stereocenters. The highest BCUT2D eigenvalue weighted by Gasteiger charge is 2.38. The van der Waals surface area contributed by atoms with Crippen LogP contribution in [0.2, 0.25) is 0 Å². The Balaban J connectivity index is 1.62. The van der Waals surface area contributed by atoms with Crippen LogP contribution in [0.15, 0.2) is 60.7 Å². The van der Waals surface area contributed by atoms with Crippen molar-refractivity contribution < 1.29 is 14.7 Å². The maximum absolute atomic E-state index is 12.5. The smallest absolute Gasteiger partial charge is 0.322 e. The molecule has 2 aromatic rings. The molecule has 0 spiro atoms. The summed E-state index contributed by atoms with van der Waals surface area (Å²) in [5, 5.41) is 15.5. The predicted octanol–water partition coefficient (Wildman–Crippen LogP) is 1.97. The van der Waals surface area contributed by atoms with Crippen LogP contribution in [0.25, 0.3) is 0 Å². The Hall–Kier alpha value is -2.86. The minimum atomic E-state index is -0.700. The maximum atomic E-state index is 12.5. The molecule has 6 nitrogen and oxygen atoms in total. The number of urea groups is 1. The minimum Gasteiger partial charge on any atom is -0.391 e. The zero-order valence-corrected chi connectivity index (χ0v) is 13.8. The van der Waals surface area contributed by atoms with Crippen LogP contribution in [-0.2, 0) is 11.3 Å². The van der Waals surface area contributed by atoms with Crippen LogP contribution < -0.4 is 10.6 Å². The van der Waals surface area contributed by atoms with Gasteiger partial charge in [-0.15, -0.1) is 0 Å². The fraction of sp³-hybridized carbons (Fsp3) is 0.263. The molecule has 1 heterocycles. The van der Waals surface area contributed by atoms with E-state index in [0.29, 0.717) is 12.2 Å². The summed E-state index contributed by atoms with van der Waals surface area (Å²) in [5.41, 5.74) is 1.63. The second-order valence-corrected chi connectivity index (χ2v) is 6.06. The van der Waals surface area contributed by atoms with E-state index in [0.717, 1.165) is 5.56 Å². The van der Waals surface area contributed by atoms with Gasteiger partial charge in [-0.05, 0) is 17.7 Å². The summed E-state index contributed by atoms with van der Waals surface area (Å²) in [4.78, 5) is 26.3. The SMILES string of the molecule is O=C(NCc1ccccc1)C1CC(O)CN1C(=O)Nc1ccccc1. The van der Waals surface area contributed by atoms with Crippen LogP contribution in [0.5, 0.6) is 0 Å². The number of para-hydroxylation sites is 1. The van der Waals surface area contributed by atoms with Crippen LogP contribution in [0, 0.1) is 0 Å². The molecule has 0 saturated carbocycles. The highest BCUT2D eigenvalue weighted by atomic mass is 16.3. The Morgan fingerprint density at radius 3 is 2.36 bits per heavy atom. The van der Waals surface area contributed by atoms with Gasteiger partial charge in [-0.3, -0.25) is 4.79 Å². The molecule has 1 saturated heterocycles. The van der Waals surface area contributed by atoms with E-state index in [4.69, 9.17) is 0 Å². The zero-order valence-electron chi connectivity index (χ0n) is 13.8. The number of anilines is 1. The molecule has 0 aliphatic carbocycles. The van der Waals surface area contributed by atoms with Crippen LogP contribution in [0.1, 0.15) is 12.0 Å². The molecular formula is C19H21N3O3. The first-order chi connectivity index (χ1) is 12.1. The summed E-state index contributed by atoms with van der Waals surface area (Å²) in [6.07, 6.45) is -0.461. The van der Waals surface area contributed by atoms with E-state index >= 15 is 0 Å². The average Bonchev–Trinajstić information content (AvgIpc) is 3.03. The van der Waals surface area contributed by atoms with Gasteiger partial charge >= 0.3 is 6.03 Å². The van der Waals surface area contributed by atoms with Crippen molar-refractivity contribution in [3.05, 3.63) is 66.2 Å². The molecule has 130 valence electrons. The largest absolute Gasteiger partial charge is 0.391 e. The summed E-state index contributed by atoms with van der Waals surface area (Å²) in [6, 6.07) is 17.5. The Morgan fingerprint density at radius 1 is 1.04 bits per heavy atom. The van der Waals surface area contributed by atoms with Crippen molar-refractivity contribution in [1.82, 2.24) is 10.2 Å². The number of nitrogens with zero attached hydrogens (tertiary/aromatic N) is 1. The monoisotopic (exact) mass is 339 g/mol. The van der Waals surface area contributed by atoms with Gasteiger partial charge < -0.3 is 20.6 Å². The first-order valence-electron chi connectivity index (χ1n) is 8.26. The third-order valence-electron chi connectivity index (χ3n) is 4.18. The van der Waals surface area contributed by atoms with E-state index in [9.17, 15) is 14.7 Å². The van der Waals surface area contributed by atoms with Crippen molar-refractivity contribution in [2.75, 3.05) is 11.9 Å². The topological polar surface area (TPSA) is 81.7 Å². The molecule has 0 aromatic heterocycles. The molecule has 3 amide bonds. The number of aliphatic hydroxyl groups is 1. The van der Waals surface area contributed by atoms with E-state index in [1.165, 1.54) is 4.90 Å². The number of hydrogen-bond donors (Lipinski definition) is 3. The summed E-state index contributed by atoms with van der Waals surface area (Å²) in [6.45, 7) is 0.530. The number of aliphatic hydroxyl groups excluding tert-OH is 1. The van der Waals surface area contributed by atoms with E-state index < -0.39 is 12.1 Å². The third kappa shape index (κ3) is 4.36. The average molecular weight is 339 g/mol. The number of carbonyl (C=O) groups excluding carboxylic acids is 2. The Labute approximate surface area is 146 Å². The quantitative estimate of drug-likeness (QED) is 0.796. The molecule has 3 N–H and O–H groups in total. The molecule has 0 bridgehead atoms. The predicted molar refractivity (Wildman–Crippen MR) is 94.9 cm³/mol. The first-order valence-corrected chi connectivity index (χ1v) is 8.26. The van der Waals surface area contributed by atoms with Crippen molar-refractivity contribution >= 4 is 17.6 Å². The van der Waals surface area contributed by atoms with Gasteiger partial charge in [0.25, 0.3) is 0 Å². The van der Waals surface area contributed by atoms with Crippen molar-refractivity contribution in [1.29, 1.82) is 0 Å². The summed E-state index contributed by atoms with van der Waals surface area (Å²) < 4.78 is 0. The number of likely N-dealkylation sites (tertiary alicyclic amines) is 1. The van der Waals surface area contributed by atoms with Gasteiger partial charge in [0.15, 0.2) is 0 Å². The molecule has 3 rings (SSSR count). The lowest BCUT2D eigenvalue weighted by atomic mass is 10.1. The molecule has 2 atom stereocenters. The Bertz CT molecular complexity index is 721. The fourth-order valence-electron chi connectivity index (χ4n) is 2.91. The van der Waals surface area contributed by atoms with Crippen molar-refractivity contribution in [3.8, 4) is 0 Å². The van der Waals surface area contributed by atoms with Gasteiger partial charge in [0.05, 0.1) is 6.10 Å². The second kappa shape index (κ2) is 7.81. The number of hydrogen-bond acceptors (Lipinski definition) is 3. The highest BCUT2D eigenvalue weighted by Crippen LogP contribution is 2.20. The van der Waals surface area contributed by atoms with Crippen molar-refractivity contribution in [2.45, 2.75) is 25.1 Å². The standard InChI is InChI=1S/C19H21N3O3/c23-16-11-17(18(24)20-12-14-7-3-1-4-8-14)22(13-16)19(25)21-15-9-5-2-6-10-15/h1-10,16-17,23H,11-13H2,(H,20,24)(H,21,25). The van der Waals surface area contributed by atoms with Crippen molar-refractivity contribution in [3.63, 3.8) is 0 Å². The third-order valence-corrected chi connectivity index (χ3v) is 4.18. The van der Waals surface area contributed by atoms with Gasteiger partial charge in [-0.25, -0.2) is 4.79 Å². The first kappa shape index (κ1) is 17.0. The van der Waals surface area contributed by atoms with Gasteiger partial charge in [0, 0.05) is 25.2 Å². The van der Waals surface area contributed by atoms with E-state index in [-0.39, 0.29) is 24.9 Å². The Kier molecular flexibility index (Phi) is 5.30. The van der Waals surface area contributed by atoms with Gasteiger partial charge in [-0.2, -0.15) is 0 Å². The highest BCUT2D eigenvalue weighted by molar-refractivity contribution is 5.94. The Morgan fingerprint density at radius 2 is 1.68 bits per heavy atom. The molecule has 0 radical (unpaired) electrons. The number of β-amino-alcohol motifs (C(OH)–C–C–N with tert-alkyl or cyclic N) is 1. The normalized spacial score (nSPS) is 19.5. The van der Waals surface area contributed by atoms with Gasteiger partial charge in [0.2, 0.25) is 5.91 Å². The lowest BCUT2D eigenvalue weighted by Gasteiger charge is -2.24. The summed E-state index contributed by atoms with van der Waals surface area (Å²) in [7, 11) is 0. The van der Waals surface area contributed by atoms with Crippen LogP contribution >= 0.6 is 0 Å². The number of rotatable bonds is 4. The van der Waals surface area contributed by atoms with Gasteiger partial charge in [0.1, 0.15) is 6.04 Å². The molecule has 1 aliphatic rings. The fourth-order valence-corrected chi connectivity index (χ4v) is 2.91. The summed E-state index contributed by atoms with van der Waals surface area (Å²) in [5.74, 6) is -0.261. The summed E-state index contributed by atoms with van der Waals surface area (Å²) >= 11 is 0. The lowest BCUT2D eigenvalue weighted by Crippen LogP contribution is -2.47. The van der Waals surface area contributed by atoms with E-state index in [1.807, 2.05) is 48.5 Å². The lowest BCUT2D eigenvalue weighted by molar-refractivity contribution is -0.124. The molecule has 1 aliphatic heterocycles. The maximum Gasteiger partial charge on any atom is 0.322 e. The molecule has 2 aromatic carbocycles. The van der Waals surface area contributed by atoms with Crippen LogP contribution in [0.3, 0.4) is 0 Å². The van der Waals surface area contributed by atoms with Crippen LogP contribution in [0.4, 0.5) is 10.5 Å². The second-order valence-electron chi connectivity index (χ2n) is 6.06. The molecule has 6 heteroatoms. The molecular weight excluding hydrogens is 318 g/mol. The number of nitrogens with one attached hydrogen (secondary N) is 2. The zero-order chi connectivity index (χ0) is 17.6. The molecule has 1 fully saturated rings. The number of amides is 3. The van der Waals surface area contributed by atoms with Gasteiger partial charge in [-0.1, -0.05) is 48.5 Å². The van der Waals surface area contributed by atoms with E-state index in [2.05, 4.69) is 10.6 Å². The van der Waals surface area contributed by atoms with Crippen LogP contribution in [-0.4, -0.2) is 40.6 Å². The van der Waals surface area contributed by atoms with Crippen molar-refractivity contribution in [2.24, 2.45) is 0 Å².